The van der Waals surface area contributed by atoms with Crippen LogP contribution in [0.4, 0.5) is 46.5 Å². The Kier molecular flexibility index (Phi) is 8.59. The molecular formula is C25H14ClF8N3O3. The maximum Gasteiger partial charge on any atom is 0.416 e. The van der Waals surface area contributed by atoms with Crippen molar-refractivity contribution in [3.05, 3.63) is 86.9 Å². The second-order valence-corrected chi connectivity index (χ2v) is 8.38. The van der Waals surface area contributed by atoms with E-state index in [4.69, 9.17) is 16.3 Å². The summed E-state index contributed by atoms with van der Waals surface area (Å²) >= 11 is 6.00. The van der Waals surface area contributed by atoms with Gasteiger partial charge in [0.2, 0.25) is 0 Å². The predicted molar refractivity (Wildman–Crippen MR) is 126 cm³/mol. The van der Waals surface area contributed by atoms with E-state index in [1.54, 1.807) is 6.07 Å². The van der Waals surface area contributed by atoms with E-state index in [1.165, 1.54) is 0 Å². The molecule has 0 spiro atoms. The smallest absolute Gasteiger partial charge is 0.416 e. The highest BCUT2D eigenvalue weighted by atomic mass is 35.5. The summed E-state index contributed by atoms with van der Waals surface area (Å²) in [7, 11) is 0.960. The van der Waals surface area contributed by atoms with Gasteiger partial charge in [0.15, 0.2) is 11.5 Å². The van der Waals surface area contributed by atoms with Crippen molar-refractivity contribution in [2.45, 2.75) is 12.4 Å². The van der Waals surface area contributed by atoms with Gasteiger partial charge in [0.25, 0.3) is 5.91 Å². The van der Waals surface area contributed by atoms with Crippen molar-refractivity contribution < 1.29 is 49.4 Å². The monoisotopic (exact) mass is 591 g/mol. The first-order valence-electron chi connectivity index (χ1n) is 10.7. The second-order valence-electron chi connectivity index (χ2n) is 7.97. The number of hydrogen-bond donors (Lipinski definition) is 2. The molecule has 0 bridgehead atoms. The Hall–Kier alpha value is -4.38. The average Bonchev–Trinajstić information content (AvgIpc) is 2.86. The Morgan fingerprint density at radius 3 is 2.23 bits per heavy atom. The number of methoxy groups -OCH3 is 1. The third-order valence-electron chi connectivity index (χ3n) is 5.21. The SMILES string of the molecule is COc1c(NCC(F)(F)F)cc(NC(=O)c2cc(F)cc(C(F)(F)F)c2)c(C(=O)c2cc(F)ccc2Cl)c1C#N. The minimum atomic E-state index is -5.05. The minimum Gasteiger partial charge on any atom is -0.493 e. The van der Waals surface area contributed by atoms with Crippen LogP contribution >= 0.6 is 11.6 Å². The van der Waals surface area contributed by atoms with Gasteiger partial charge in [-0.3, -0.25) is 9.59 Å². The first-order chi connectivity index (χ1) is 18.6. The largest absolute Gasteiger partial charge is 0.493 e. The van der Waals surface area contributed by atoms with Crippen LogP contribution in [-0.4, -0.2) is 31.5 Å². The number of nitrogens with zero attached hydrogens (tertiary/aromatic N) is 1. The topological polar surface area (TPSA) is 91.2 Å². The average molecular weight is 592 g/mol. The number of amides is 1. The molecule has 0 aliphatic carbocycles. The number of alkyl halides is 6. The molecule has 3 rings (SSSR count). The summed E-state index contributed by atoms with van der Waals surface area (Å²) in [6.45, 7) is -1.66. The van der Waals surface area contributed by atoms with Crippen molar-refractivity contribution in [2.75, 3.05) is 24.3 Å². The van der Waals surface area contributed by atoms with Crippen LogP contribution in [0.15, 0.2) is 42.5 Å². The lowest BCUT2D eigenvalue weighted by Crippen LogP contribution is -2.23. The molecule has 15 heteroatoms. The molecule has 0 saturated carbocycles. The van der Waals surface area contributed by atoms with Gasteiger partial charge >= 0.3 is 12.4 Å². The van der Waals surface area contributed by atoms with Crippen molar-refractivity contribution in [3.8, 4) is 11.8 Å². The molecule has 3 aromatic rings. The van der Waals surface area contributed by atoms with Crippen molar-refractivity contribution >= 4 is 34.7 Å². The normalized spacial score (nSPS) is 11.5. The Morgan fingerprint density at radius 1 is 0.975 bits per heavy atom. The first-order valence-corrected chi connectivity index (χ1v) is 11.1. The molecule has 0 unspecified atom stereocenters. The summed E-state index contributed by atoms with van der Waals surface area (Å²) in [6, 6.07) is 5.74. The van der Waals surface area contributed by atoms with E-state index in [0.29, 0.717) is 18.2 Å². The van der Waals surface area contributed by atoms with Crippen LogP contribution in [0.1, 0.15) is 37.4 Å². The molecular weight excluding hydrogens is 578 g/mol. The molecule has 0 radical (unpaired) electrons. The second kappa shape index (κ2) is 11.4. The highest BCUT2D eigenvalue weighted by molar-refractivity contribution is 6.35. The van der Waals surface area contributed by atoms with E-state index in [1.807, 2.05) is 10.6 Å². The Labute approximate surface area is 225 Å². The van der Waals surface area contributed by atoms with Crippen LogP contribution in [0.5, 0.6) is 5.75 Å². The molecule has 40 heavy (non-hydrogen) atoms. The number of ketones is 1. The van der Waals surface area contributed by atoms with E-state index >= 15 is 0 Å². The standard InChI is InChI=1S/C25H14ClF8N3O3/c1-40-22-16(9-35)20(21(38)15-7-13(27)2-3-17(15)26)18(8-19(22)36-10-24(29,30)31)37-23(39)11-4-12(25(32,33)34)6-14(28)5-11/h2-8,36H,10H2,1H3,(H,37,39). The van der Waals surface area contributed by atoms with Gasteiger partial charge in [-0.1, -0.05) is 11.6 Å². The van der Waals surface area contributed by atoms with Gasteiger partial charge in [0.05, 0.1) is 34.6 Å². The van der Waals surface area contributed by atoms with E-state index in [0.717, 1.165) is 25.3 Å². The predicted octanol–water partition coefficient (Wildman–Crippen LogP) is 6.97. The molecule has 0 saturated heterocycles. The van der Waals surface area contributed by atoms with Crippen LogP contribution < -0.4 is 15.4 Å². The summed E-state index contributed by atoms with van der Waals surface area (Å²) in [5.74, 6) is -5.59. The number of nitriles is 1. The molecule has 0 aromatic heterocycles. The molecule has 0 fully saturated rings. The zero-order valence-electron chi connectivity index (χ0n) is 19.8. The maximum absolute atomic E-state index is 13.9. The molecule has 0 aliphatic rings. The van der Waals surface area contributed by atoms with E-state index < -0.39 is 87.2 Å². The van der Waals surface area contributed by atoms with Gasteiger partial charge in [-0.05, 0) is 42.5 Å². The third-order valence-corrected chi connectivity index (χ3v) is 5.54. The molecule has 1 amide bonds. The molecule has 2 N–H and O–H groups in total. The highest BCUT2D eigenvalue weighted by Crippen LogP contribution is 2.39. The first kappa shape index (κ1) is 30.2. The van der Waals surface area contributed by atoms with Gasteiger partial charge in [-0.15, -0.1) is 0 Å². The number of carbonyl (C=O) groups is 2. The summed E-state index contributed by atoms with van der Waals surface area (Å²) in [6.07, 6.45) is -9.82. The molecule has 0 heterocycles. The quantitative estimate of drug-likeness (QED) is 0.229. The number of anilines is 2. The lowest BCUT2D eigenvalue weighted by atomic mass is 9.94. The van der Waals surface area contributed by atoms with Gasteiger partial charge in [-0.2, -0.15) is 31.6 Å². The van der Waals surface area contributed by atoms with Crippen molar-refractivity contribution in [1.82, 2.24) is 0 Å². The lowest BCUT2D eigenvalue weighted by Gasteiger charge is -2.20. The fourth-order valence-electron chi connectivity index (χ4n) is 3.53. The number of halogens is 9. The number of hydrogen-bond acceptors (Lipinski definition) is 5. The van der Waals surface area contributed by atoms with E-state index in [2.05, 4.69) is 0 Å². The van der Waals surface area contributed by atoms with Gasteiger partial charge in [0, 0.05) is 11.1 Å². The number of benzene rings is 3. The van der Waals surface area contributed by atoms with Crippen LogP contribution in [0.2, 0.25) is 5.02 Å². The summed E-state index contributed by atoms with van der Waals surface area (Å²) in [5, 5.41) is 13.5. The zero-order chi connectivity index (χ0) is 30.0. The number of rotatable bonds is 7. The van der Waals surface area contributed by atoms with Gasteiger partial charge in [0.1, 0.15) is 29.8 Å². The number of nitrogens with one attached hydrogen (secondary N) is 2. The molecule has 210 valence electrons. The number of carbonyl (C=O) groups excluding carboxylic acids is 2. The summed E-state index contributed by atoms with van der Waals surface area (Å²) in [5.41, 5.74) is -5.67. The lowest BCUT2D eigenvalue weighted by molar-refractivity contribution is -0.137. The fraction of sp³-hybridized carbons (Fsp3) is 0.160. The summed E-state index contributed by atoms with van der Waals surface area (Å²) in [4.78, 5) is 26.4. The van der Waals surface area contributed by atoms with E-state index in [-0.39, 0.29) is 11.1 Å². The maximum atomic E-state index is 13.9. The van der Waals surface area contributed by atoms with Crippen LogP contribution in [-0.2, 0) is 6.18 Å². The van der Waals surface area contributed by atoms with Crippen molar-refractivity contribution in [1.29, 1.82) is 5.26 Å². The Bertz CT molecular complexity index is 1530. The van der Waals surface area contributed by atoms with E-state index in [9.17, 15) is 50.0 Å². The van der Waals surface area contributed by atoms with Crippen molar-refractivity contribution in [3.63, 3.8) is 0 Å². The molecule has 6 nitrogen and oxygen atoms in total. The van der Waals surface area contributed by atoms with Crippen molar-refractivity contribution in [2.24, 2.45) is 0 Å². The summed E-state index contributed by atoms with van der Waals surface area (Å²) < 4.78 is 111. The van der Waals surface area contributed by atoms with Gasteiger partial charge in [-0.25, -0.2) is 8.78 Å². The molecule has 0 aliphatic heterocycles. The molecule has 3 aromatic carbocycles. The highest BCUT2D eigenvalue weighted by Gasteiger charge is 2.33. The third kappa shape index (κ3) is 6.78. The Morgan fingerprint density at radius 2 is 1.65 bits per heavy atom. The van der Waals surface area contributed by atoms with Crippen LogP contribution in [0.3, 0.4) is 0 Å². The van der Waals surface area contributed by atoms with Crippen LogP contribution in [0, 0.1) is 23.0 Å². The zero-order valence-corrected chi connectivity index (χ0v) is 20.6. The van der Waals surface area contributed by atoms with Crippen LogP contribution in [0.25, 0.3) is 0 Å². The minimum absolute atomic E-state index is 0.123. The fourth-order valence-corrected chi connectivity index (χ4v) is 3.73. The number of ether oxygens (including phenoxy) is 1. The van der Waals surface area contributed by atoms with Gasteiger partial charge < -0.3 is 15.4 Å². The Balaban J connectivity index is 2.26. The molecule has 0 atom stereocenters.